The molecule has 1 amide bonds. The van der Waals surface area contributed by atoms with Gasteiger partial charge >= 0.3 is 24.0 Å². The lowest BCUT2D eigenvalue weighted by molar-refractivity contribution is -0.172. The molecule has 0 saturated carbocycles. The van der Waals surface area contributed by atoms with E-state index in [1.54, 1.807) is 26.0 Å². The molecule has 0 fully saturated rings. The van der Waals surface area contributed by atoms with Gasteiger partial charge in [-0.05, 0) is 62.0 Å². The highest BCUT2D eigenvalue weighted by molar-refractivity contribution is 6.32. The number of carbonyl (C=O) groups excluding carboxylic acids is 3. The minimum Gasteiger partial charge on any atom is -0.458 e. The van der Waals surface area contributed by atoms with E-state index < -0.39 is 59.9 Å². The number of hydrogen-bond donors (Lipinski definition) is 4. The molecular formula is C33H46F3NO8. The van der Waals surface area contributed by atoms with Crippen molar-refractivity contribution in [2.45, 2.75) is 90.8 Å². The van der Waals surface area contributed by atoms with Crippen molar-refractivity contribution in [3.63, 3.8) is 0 Å². The highest BCUT2D eigenvalue weighted by atomic mass is 19.4. The van der Waals surface area contributed by atoms with E-state index in [0.717, 1.165) is 18.7 Å². The SMILES string of the molecule is C/C1=C\[C@@H](C)C([C@@H](C)OC(=O)C(=O)NCc2ccccc2C(F)(F)F)OC(=O)CCC2C=CC(CCCO)=C[C@]12O.CC.CO. The van der Waals surface area contributed by atoms with E-state index in [1.807, 2.05) is 26.0 Å². The number of amides is 1. The van der Waals surface area contributed by atoms with E-state index in [2.05, 4.69) is 5.32 Å². The summed E-state index contributed by atoms with van der Waals surface area (Å²) in [6.07, 6.45) is 1.88. The molecular weight excluding hydrogens is 595 g/mol. The van der Waals surface area contributed by atoms with Crippen molar-refractivity contribution >= 4 is 17.8 Å². The highest BCUT2D eigenvalue weighted by Gasteiger charge is 2.40. The van der Waals surface area contributed by atoms with Crippen LogP contribution in [0, 0.1) is 11.8 Å². The smallest absolute Gasteiger partial charge is 0.416 e. The number of esters is 2. The summed E-state index contributed by atoms with van der Waals surface area (Å²) in [6.45, 7) is 8.39. The average molecular weight is 642 g/mol. The van der Waals surface area contributed by atoms with Crippen LogP contribution in [0.2, 0.25) is 0 Å². The number of alkyl halides is 3. The number of benzene rings is 1. The maximum atomic E-state index is 13.2. The second kappa shape index (κ2) is 18.5. The van der Waals surface area contributed by atoms with Crippen LogP contribution in [0.5, 0.6) is 0 Å². The summed E-state index contributed by atoms with van der Waals surface area (Å²) in [5.74, 6) is -4.08. The first-order valence-corrected chi connectivity index (χ1v) is 15.0. The lowest BCUT2D eigenvalue weighted by Crippen LogP contribution is -2.43. The monoisotopic (exact) mass is 641 g/mol. The molecule has 0 saturated heterocycles. The van der Waals surface area contributed by atoms with Crippen molar-refractivity contribution < 1.29 is 52.3 Å². The molecule has 1 aliphatic carbocycles. The topological polar surface area (TPSA) is 142 Å². The lowest BCUT2D eigenvalue weighted by Gasteiger charge is -2.38. The van der Waals surface area contributed by atoms with Crippen molar-refractivity contribution in [3.8, 4) is 0 Å². The number of cyclic esters (lactones) is 1. The fraction of sp³-hybridized carbons (Fsp3) is 0.545. The second-order valence-corrected chi connectivity index (χ2v) is 10.5. The quantitative estimate of drug-likeness (QED) is 0.189. The van der Waals surface area contributed by atoms with Crippen molar-refractivity contribution in [1.82, 2.24) is 5.32 Å². The summed E-state index contributed by atoms with van der Waals surface area (Å²) in [6, 6.07) is 4.67. The first-order valence-electron chi connectivity index (χ1n) is 15.0. The third-order valence-corrected chi connectivity index (χ3v) is 7.43. The first kappa shape index (κ1) is 39.5. The Balaban J connectivity index is 0.00000243. The van der Waals surface area contributed by atoms with E-state index in [0.29, 0.717) is 18.4 Å². The van der Waals surface area contributed by atoms with Crippen molar-refractivity contribution in [3.05, 3.63) is 70.8 Å². The van der Waals surface area contributed by atoms with Crippen LogP contribution >= 0.6 is 0 Å². The van der Waals surface area contributed by atoms with Gasteiger partial charge in [0, 0.05) is 38.5 Å². The summed E-state index contributed by atoms with van der Waals surface area (Å²) in [4.78, 5) is 37.6. The maximum absolute atomic E-state index is 13.2. The number of aliphatic hydroxyl groups excluding tert-OH is 2. The van der Waals surface area contributed by atoms with Crippen LogP contribution in [-0.4, -0.2) is 64.7 Å². The molecule has 5 atom stereocenters. The molecule has 1 aromatic rings. The molecule has 3 rings (SSSR count). The number of rotatable bonds is 7. The first-order chi connectivity index (χ1) is 21.3. The maximum Gasteiger partial charge on any atom is 0.416 e. The largest absolute Gasteiger partial charge is 0.458 e. The standard InChI is InChI=1S/C30H36F3NO7.C2H6.CH4O/c1-18-15-19(2)29(39)16-21(7-6-14-35)10-11-23(29)12-13-25(36)41-26(18)20(3)40-28(38)27(37)34-17-22-8-4-5-9-24(22)30(31,32)33;2*1-2/h4-5,8-11,15-16,18,20,23,26,35,39H,6-7,12-14,17H2,1-3H3,(H,34,37);1-2H3;2H,1H3/b19-15+;;/t18-,20-,23?,26?,29+;;/m1../s1. The zero-order valence-electron chi connectivity index (χ0n) is 26.7. The second-order valence-electron chi connectivity index (χ2n) is 10.5. The summed E-state index contributed by atoms with van der Waals surface area (Å²) in [5.41, 5.74) is -1.06. The fourth-order valence-electron chi connectivity index (χ4n) is 5.21. The molecule has 9 nitrogen and oxygen atoms in total. The van der Waals surface area contributed by atoms with E-state index in [1.165, 1.54) is 25.1 Å². The van der Waals surface area contributed by atoms with Crippen LogP contribution in [-0.2, 0) is 36.6 Å². The summed E-state index contributed by atoms with van der Waals surface area (Å²) in [5, 5.41) is 30.0. The van der Waals surface area contributed by atoms with Gasteiger partial charge in [-0.2, -0.15) is 13.2 Å². The molecule has 1 aliphatic heterocycles. The zero-order valence-corrected chi connectivity index (χ0v) is 26.7. The van der Waals surface area contributed by atoms with Crippen molar-refractivity contribution in [2.24, 2.45) is 11.8 Å². The summed E-state index contributed by atoms with van der Waals surface area (Å²) < 4.78 is 50.6. The Hall–Kier alpha value is -3.48. The minimum atomic E-state index is -4.63. The number of hydrogen-bond acceptors (Lipinski definition) is 8. The summed E-state index contributed by atoms with van der Waals surface area (Å²) in [7, 11) is 1.00. The number of fused-ring (bicyclic) bond motifs is 1. The normalized spacial score (nSPS) is 24.8. The van der Waals surface area contributed by atoms with Gasteiger partial charge in [0.05, 0.1) is 5.56 Å². The van der Waals surface area contributed by atoms with Crippen LogP contribution in [0.3, 0.4) is 0 Å². The fourth-order valence-corrected chi connectivity index (χ4v) is 5.21. The third-order valence-electron chi connectivity index (χ3n) is 7.43. The van der Waals surface area contributed by atoms with Gasteiger partial charge < -0.3 is 30.1 Å². The Kier molecular flexibility index (Phi) is 16.2. The highest BCUT2D eigenvalue weighted by Crippen LogP contribution is 2.39. The van der Waals surface area contributed by atoms with Crippen LogP contribution in [0.4, 0.5) is 13.2 Å². The molecule has 45 heavy (non-hydrogen) atoms. The van der Waals surface area contributed by atoms with E-state index in [-0.39, 0.29) is 30.9 Å². The van der Waals surface area contributed by atoms with Crippen LogP contribution in [0.25, 0.3) is 0 Å². The van der Waals surface area contributed by atoms with E-state index >= 15 is 0 Å². The molecule has 252 valence electrons. The van der Waals surface area contributed by atoms with Gasteiger partial charge in [0.25, 0.3) is 0 Å². The Morgan fingerprint density at radius 2 is 1.84 bits per heavy atom. The predicted molar refractivity (Wildman–Crippen MR) is 162 cm³/mol. The minimum absolute atomic E-state index is 0.0158. The number of halogens is 3. The van der Waals surface area contributed by atoms with Crippen LogP contribution < -0.4 is 5.32 Å². The summed E-state index contributed by atoms with van der Waals surface area (Å²) >= 11 is 0. The Morgan fingerprint density at radius 3 is 2.47 bits per heavy atom. The molecule has 2 aliphatic rings. The third kappa shape index (κ3) is 11.1. The molecule has 0 radical (unpaired) electrons. The Labute approximate surface area is 262 Å². The molecule has 0 aromatic heterocycles. The zero-order chi connectivity index (χ0) is 34.4. The van der Waals surface area contributed by atoms with Gasteiger partial charge in [-0.15, -0.1) is 0 Å². The number of nitrogens with one attached hydrogen (secondary N) is 1. The van der Waals surface area contributed by atoms with Gasteiger partial charge in [0.2, 0.25) is 0 Å². The van der Waals surface area contributed by atoms with Gasteiger partial charge in [-0.3, -0.25) is 9.59 Å². The molecule has 2 unspecified atom stereocenters. The number of allylic oxidation sites excluding steroid dienone is 2. The van der Waals surface area contributed by atoms with Crippen LogP contribution in [0.1, 0.15) is 71.4 Å². The van der Waals surface area contributed by atoms with Crippen LogP contribution in [0.15, 0.2) is 59.7 Å². The van der Waals surface area contributed by atoms with Gasteiger partial charge in [0.15, 0.2) is 0 Å². The Morgan fingerprint density at radius 1 is 1.20 bits per heavy atom. The molecule has 1 heterocycles. The lowest BCUT2D eigenvalue weighted by atomic mass is 9.73. The van der Waals surface area contributed by atoms with Gasteiger partial charge in [-0.25, -0.2) is 4.79 Å². The van der Waals surface area contributed by atoms with Gasteiger partial charge in [-0.1, -0.05) is 57.2 Å². The average Bonchev–Trinajstić information content (AvgIpc) is 3.01. The molecule has 12 heteroatoms. The molecule has 0 spiro atoms. The van der Waals surface area contributed by atoms with Crippen molar-refractivity contribution in [1.29, 1.82) is 0 Å². The van der Waals surface area contributed by atoms with E-state index in [9.17, 15) is 37.8 Å². The number of aliphatic hydroxyl groups is 3. The molecule has 0 bridgehead atoms. The molecule has 4 N–H and O–H groups in total. The van der Waals surface area contributed by atoms with Gasteiger partial charge in [0.1, 0.15) is 17.8 Å². The van der Waals surface area contributed by atoms with E-state index in [4.69, 9.17) is 14.6 Å². The predicted octanol–water partition coefficient (Wildman–Crippen LogP) is 4.79. The Bertz CT molecular complexity index is 1230. The molecule has 1 aromatic carbocycles. The van der Waals surface area contributed by atoms with Crippen molar-refractivity contribution in [2.75, 3.05) is 13.7 Å². The number of ether oxygens (including phenoxy) is 2. The number of carbonyl (C=O) groups is 3.